The smallest absolute Gasteiger partial charge is 0.246 e. The molecule has 27 heavy (non-hydrogen) atoms. The van der Waals surface area contributed by atoms with Crippen LogP contribution in [-0.4, -0.2) is 44.9 Å². The number of likely N-dealkylation sites (tertiary alicyclic amines) is 1. The van der Waals surface area contributed by atoms with E-state index in [4.69, 9.17) is 14.0 Å². The van der Waals surface area contributed by atoms with Crippen LogP contribution in [-0.2, 0) is 10.0 Å². The van der Waals surface area contributed by atoms with Gasteiger partial charge in [0.1, 0.15) is 10.6 Å². The lowest BCUT2D eigenvalue weighted by Gasteiger charge is -2.28. The standard InChI is InChI=1S/C18H23N3O5S/c1-12-18(13(2)26-20-12)27(22,23)19-10-15(21-7-3-4-8-21)14-5-6-16-17(9-14)25-11-24-16/h5-6,9,15,19H,3-4,7-8,10-11H2,1-2H3/t15-/m1/s1. The molecule has 0 bridgehead atoms. The van der Waals surface area contributed by atoms with Crippen molar-refractivity contribution in [3.63, 3.8) is 0 Å². The Hall–Kier alpha value is -2.10. The molecule has 2 aliphatic rings. The SMILES string of the molecule is Cc1noc(C)c1S(=O)(=O)NC[C@H](c1ccc2c(c1)OCO2)N1CCCC1. The first-order valence-corrected chi connectivity index (χ1v) is 10.5. The minimum atomic E-state index is -3.71. The first kappa shape index (κ1) is 18.3. The van der Waals surface area contributed by atoms with Crippen LogP contribution in [0.4, 0.5) is 0 Å². The molecule has 1 fully saturated rings. The predicted octanol–water partition coefficient (Wildman–Crippen LogP) is 2.14. The summed E-state index contributed by atoms with van der Waals surface area (Å²) in [6.45, 7) is 5.57. The second-order valence-electron chi connectivity index (χ2n) is 6.88. The Balaban J connectivity index is 1.59. The lowest BCUT2D eigenvalue weighted by molar-refractivity contribution is 0.173. The minimum Gasteiger partial charge on any atom is -0.454 e. The predicted molar refractivity (Wildman–Crippen MR) is 97.3 cm³/mol. The van der Waals surface area contributed by atoms with E-state index in [1.54, 1.807) is 13.8 Å². The van der Waals surface area contributed by atoms with E-state index < -0.39 is 10.0 Å². The Labute approximate surface area is 158 Å². The minimum absolute atomic E-state index is 0.0859. The first-order valence-electron chi connectivity index (χ1n) is 9.02. The summed E-state index contributed by atoms with van der Waals surface area (Å²) in [5, 5.41) is 3.75. The third-order valence-electron chi connectivity index (χ3n) is 5.07. The van der Waals surface area contributed by atoms with Gasteiger partial charge in [-0.1, -0.05) is 11.2 Å². The Kier molecular flexibility index (Phi) is 4.83. The first-order chi connectivity index (χ1) is 13.0. The molecule has 1 atom stereocenters. The fraction of sp³-hybridized carbons (Fsp3) is 0.500. The van der Waals surface area contributed by atoms with Crippen LogP contribution < -0.4 is 14.2 Å². The third kappa shape index (κ3) is 3.54. The van der Waals surface area contributed by atoms with Crippen LogP contribution in [0.15, 0.2) is 27.6 Å². The van der Waals surface area contributed by atoms with Crippen LogP contribution >= 0.6 is 0 Å². The number of ether oxygens (including phenoxy) is 2. The van der Waals surface area contributed by atoms with Gasteiger partial charge in [-0.3, -0.25) is 4.90 Å². The fourth-order valence-corrected chi connectivity index (χ4v) is 5.11. The fourth-order valence-electron chi connectivity index (χ4n) is 3.75. The topological polar surface area (TPSA) is 93.9 Å². The maximum atomic E-state index is 12.8. The Morgan fingerprint density at radius 3 is 2.63 bits per heavy atom. The quantitative estimate of drug-likeness (QED) is 0.803. The number of benzene rings is 1. The summed E-state index contributed by atoms with van der Waals surface area (Å²) in [7, 11) is -3.71. The van der Waals surface area contributed by atoms with E-state index in [2.05, 4.69) is 14.8 Å². The second-order valence-corrected chi connectivity index (χ2v) is 8.58. The highest BCUT2D eigenvalue weighted by molar-refractivity contribution is 7.89. The van der Waals surface area contributed by atoms with Gasteiger partial charge in [0.25, 0.3) is 0 Å². The zero-order valence-corrected chi connectivity index (χ0v) is 16.2. The number of aromatic nitrogens is 1. The van der Waals surface area contributed by atoms with Crippen molar-refractivity contribution in [2.45, 2.75) is 37.6 Å². The van der Waals surface area contributed by atoms with Crippen molar-refractivity contribution in [2.75, 3.05) is 26.4 Å². The van der Waals surface area contributed by atoms with Crippen LogP contribution in [0.25, 0.3) is 0 Å². The van der Waals surface area contributed by atoms with Gasteiger partial charge in [-0.25, -0.2) is 13.1 Å². The van der Waals surface area contributed by atoms with Crippen LogP contribution in [0, 0.1) is 13.8 Å². The number of hydrogen-bond acceptors (Lipinski definition) is 7. The number of aryl methyl sites for hydroxylation is 2. The van der Waals surface area contributed by atoms with E-state index >= 15 is 0 Å². The van der Waals surface area contributed by atoms with Gasteiger partial charge < -0.3 is 14.0 Å². The number of hydrogen-bond donors (Lipinski definition) is 1. The molecule has 1 aromatic heterocycles. The van der Waals surface area contributed by atoms with Gasteiger partial charge in [0.2, 0.25) is 16.8 Å². The Morgan fingerprint density at radius 1 is 1.19 bits per heavy atom. The molecule has 1 saturated heterocycles. The van der Waals surface area contributed by atoms with Crippen molar-refractivity contribution in [1.82, 2.24) is 14.8 Å². The van der Waals surface area contributed by atoms with Gasteiger partial charge >= 0.3 is 0 Å². The summed E-state index contributed by atoms with van der Waals surface area (Å²) in [6, 6.07) is 5.71. The summed E-state index contributed by atoms with van der Waals surface area (Å²) in [6.07, 6.45) is 2.22. The van der Waals surface area contributed by atoms with E-state index in [0.717, 1.165) is 37.2 Å². The number of sulfonamides is 1. The molecule has 2 aromatic rings. The van der Waals surface area contributed by atoms with Gasteiger partial charge in [-0.15, -0.1) is 0 Å². The van der Waals surface area contributed by atoms with Crippen LogP contribution in [0.5, 0.6) is 11.5 Å². The highest BCUT2D eigenvalue weighted by atomic mass is 32.2. The number of fused-ring (bicyclic) bond motifs is 1. The number of nitrogens with zero attached hydrogens (tertiary/aromatic N) is 2. The average Bonchev–Trinajstić information content (AvgIpc) is 3.36. The van der Waals surface area contributed by atoms with E-state index in [1.165, 1.54) is 0 Å². The van der Waals surface area contributed by atoms with E-state index in [9.17, 15) is 8.42 Å². The summed E-state index contributed by atoms with van der Waals surface area (Å²) in [5.74, 6) is 1.71. The molecule has 0 aliphatic carbocycles. The van der Waals surface area contributed by atoms with Crippen molar-refractivity contribution >= 4 is 10.0 Å². The largest absolute Gasteiger partial charge is 0.454 e. The van der Waals surface area contributed by atoms with Gasteiger partial charge in [0.15, 0.2) is 17.3 Å². The number of rotatable bonds is 6. The molecular formula is C18H23N3O5S. The lowest BCUT2D eigenvalue weighted by Crippen LogP contribution is -2.37. The van der Waals surface area contributed by atoms with E-state index in [1.807, 2.05) is 18.2 Å². The maximum absolute atomic E-state index is 12.8. The van der Waals surface area contributed by atoms with Gasteiger partial charge in [0, 0.05) is 12.6 Å². The molecule has 146 valence electrons. The average molecular weight is 393 g/mol. The molecule has 0 saturated carbocycles. The zero-order valence-electron chi connectivity index (χ0n) is 15.4. The molecule has 2 aliphatic heterocycles. The summed E-state index contributed by atoms with van der Waals surface area (Å²) >= 11 is 0. The number of nitrogens with one attached hydrogen (secondary N) is 1. The molecule has 3 heterocycles. The van der Waals surface area contributed by atoms with Gasteiger partial charge in [0.05, 0.1) is 0 Å². The molecule has 4 rings (SSSR count). The highest BCUT2D eigenvalue weighted by Crippen LogP contribution is 2.36. The summed E-state index contributed by atoms with van der Waals surface area (Å²) in [5.41, 5.74) is 1.36. The molecule has 0 radical (unpaired) electrons. The summed E-state index contributed by atoms with van der Waals surface area (Å²) in [4.78, 5) is 2.42. The van der Waals surface area contributed by atoms with Crippen LogP contribution in [0.2, 0.25) is 0 Å². The van der Waals surface area contributed by atoms with E-state index in [0.29, 0.717) is 17.2 Å². The van der Waals surface area contributed by atoms with E-state index in [-0.39, 0.29) is 24.3 Å². The van der Waals surface area contributed by atoms with Crippen molar-refractivity contribution < 1.29 is 22.4 Å². The third-order valence-corrected chi connectivity index (χ3v) is 6.73. The highest BCUT2D eigenvalue weighted by Gasteiger charge is 2.29. The molecule has 8 nitrogen and oxygen atoms in total. The Bertz CT molecular complexity index is 915. The maximum Gasteiger partial charge on any atom is 0.246 e. The monoisotopic (exact) mass is 393 g/mol. The van der Waals surface area contributed by atoms with Gasteiger partial charge in [-0.2, -0.15) is 0 Å². The molecule has 1 aromatic carbocycles. The molecular weight excluding hydrogens is 370 g/mol. The Morgan fingerprint density at radius 2 is 1.93 bits per heavy atom. The van der Waals surface area contributed by atoms with Crippen molar-refractivity contribution in [3.05, 3.63) is 35.2 Å². The lowest BCUT2D eigenvalue weighted by atomic mass is 10.1. The van der Waals surface area contributed by atoms with Crippen LogP contribution in [0.3, 0.4) is 0 Å². The van der Waals surface area contributed by atoms with Gasteiger partial charge in [-0.05, 0) is 57.5 Å². The van der Waals surface area contributed by atoms with Crippen LogP contribution in [0.1, 0.15) is 35.9 Å². The van der Waals surface area contributed by atoms with Crippen molar-refractivity contribution in [2.24, 2.45) is 0 Å². The molecule has 0 spiro atoms. The molecule has 0 amide bonds. The molecule has 1 N–H and O–H groups in total. The molecule has 9 heteroatoms. The normalized spacial score (nSPS) is 18.1. The van der Waals surface area contributed by atoms with Crippen molar-refractivity contribution in [1.29, 1.82) is 0 Å². The van der Waals surface area contributed by atoms with Crippen molar-refractivity contribution in [3.8, 4) is 11.5 Å². The zero-order chi connectivity index (χ0) is 19.0. The molecule has 0 unspecified atom stereocenters. The summed E-state index contributed by atoms with van der Waals surface area (Å²) < 4.78 is 44.2. The second kappa shape index (κ2) is 7.14.